The summed E-state index contributed by atoms with van der Waals surface area (Å²) >= 11 is 0. The number of hydrogen-bond donors (Lipinski definition) is 1. The van der Waals surface area contributed by atoms with Gasteiger partial charge in [-0.05, 0) is 25.7 Å². The number of hydrogen-bond acceptors (Lipinski definition) is 3. The Morgan fingerprint density at radius 2 is 2.47 bits per heavy atom. The largest absolute Gasteiger partial charge is 0.396 e. The number of nitrogens with zero attached hydrogens (tertiary/aromatic N) is 3. The minimum absolute atomic E-state index is 0.0681. The van der Waals surface area contributed by atoms with E-state index in [0.717, 1.165) is 32.2 Å². The first-order valence-electron chi connectivity index (χ1n) is 6.13. The molecule has 2 heterocycles. The van der Waals surface area contributed by atoms with Gasteiger partial charge in [-0.1, -0.05) is 0 Å². The van der Waals surface area contributed by atoms with E-state index < -0.39 is 0 Å². The third-order valence-electron chi connectivity index (χ3n) is 3.29. The van der Waals surface area contributed by atoms with Gasteiger partial charge in [-0.15, -0.1) is 0 Å². The molecule has 5 nitrogen and oxygen atoms in total. The van der Waals surface area contributed by atoms with Crippen LogP contribution in [0.2, 0.25) is 0 Å². The van der Waals surface area contributed by atoms with Gasteiger partial charge in [0.2, 0.25) is 0 Å². The second-order valence-corrected chi connectivity index (χ2v) is 4.56. The predicted octanol–water partition coefficient (Wildman–Crippen LogP) is 0.797. The molecule has 0 aliphatic carbocycles. The van der Waals surface area contributed by atoms with Crippen molar-refractivity contribution in [3.8, 4) is 0 Å². The van der Waals surface area contributed by atoms with E-state index in [9.17, 15) is 4.79 Å². The van der Waals surface area contributed by atoms with Gasteiger partial charge in [0.15, 0.2) is 0 Å². The van der Waals surface area contributed by atoms with Crippen LogP contribution < -0.4 is 0 Å². The number of aromatic nitrogens is 2. The number of aliphatic hydroxyl groups is 1. The Labute approximate surface area is 101 Å². The molecule has 0 radical (unpaired) electrons. The number of likely N-dealkylation sites (tertiary alicyclic amines) is 1. The van der Waals surface area contributed by atoms with E-state index in [1.807, 2.05) is 11.9 Å². The summed E-state index contributed by atoms with van der Waals surface area (Å²) < 4.78 is 1.64. The summed E-state index contributed by atoms with van der Waals surface area (Å²) in [6, 6.07) is 0.287. The van der Waals surface area contributed by atoms with E-state index in [1.165, 1.54) is 0 Å². The first-order valence-corrected chi connectivity index (χ1v) is 6.13. The highest BCUT2D eigenvalue weighted by molar-refractivity contribution is 5.94. The van der Waals surface area contributed by atoms with Crippen LogP contribution in [0.25, 0.3) is 0 Å². The number of carbonyl (C=O) groups is 1. The fourth-order valence-corrected chi connectivity index (χ4v) is 2.43. The monoisotopic (exact) mass is 237 g/mol. The van der Waals surface area contributed by atoms with E-state index in [0.29, 0.717) is 5.56 Å². The molecule has 1 aliphatic heterocycles. The van der Waals surface area contributed by atoms with Crippen LogP contribution >= 0.6 is 0 Å². The number of aryl methyl sites for hydroxylation is 1. The molecule has 1 saturated heterocycles. The predicted molar refractivity (Wildman–Crippen MR) is 63.6 cm³/mol. The molecule has 94 valence electrons. The van der Waals surface area contributed by atoms with Gasteiger partial charge >= 0.3 is 0 Å². The second kappa shape index (κ2) is 5.31. The van der Waals surface area contributed by atoms with Gasteiger partial charge in [0, 0.05) is 32.4 Å². The Morgan fingerprint density at radius 3 is 3.12 bits per heavy atom. The van der Waals surface area contributed by atoms with Crippen molar-refractivity contribution in [2.75, 3.05) is 13.2 Å². The van der Waals surface area contributed by atoms with Gasteiger partial charge in [0.1, 0.15) is 0 Å². The number of amides is 1. The van der Waals surface area contributed by atoms with Gasteiger partial charge in [0.05, 0.1) is 11.8 Å². The van der Waals surface area contributed by atoms with Crippen molar-refractivity contribution in [1.29, 1.82) is 0 Å². The van der Waals surface area contributed by atoms with Gasteiger partial charge in [0.25, 0.3) is 5.91 Å². The van der Waals surface area contributed by atoms with Crippen molar-refractivity contribution < 1.29 is 9.90 Å². The average Bonchev–Trinajstić information content (AvgIpc) is 2.94. The maximum absolute atomic E-state index is 12.2. The standard InChI is InChI=1S/C12H19N3O2/c1-14-9-10(8-13-14)12(17)15-6-2-4-11(15)5-3-7-16/h8-9,11,16H,2-7H2,1H3. The van der Waals surface area contributed by atoms with Crippen molar-refractivity contribution in [1.82, 2.24) is 14.7 Å². The van der Waals surface area contributed by atoms with E-state index in [1.54, 1.807) is 17.1 Å². The SMILES string of the molecule is Cn1cc(C(=O)N2CCCC2CCCO)cn1. The third kappa shape index (κ3) is 2.66. The third-order valence-corrected chi connectivity index (χ3v) is 3.29. The lowest BCUT2D eigenvalue weighted by Crippen LogP contribution is -2.35. The van der Waals surface area contributed by atoms with Gasteiger partial charge in [-0.2, -0.15) is 5.10 Å². The molecule has 2 rings (SSSR count). The quantitative estimate of drug-likeness (QED) is 0.842. The zero-order valence-electron chi connectivity index (χ0n) is 10.2. The maximum Gasteiger partial charge on any atom is 0.257 e. The topological polar surface area (TPSA) is 58.4 Å². The van der Waals surface area contributed by atoms with Gasteiger partial charge < -0.3 is 10.0 Å². The van der Waals surface area contributed by atoms with Crippen molar-refractivity contribution in [3.05, 3.63) is 18.0 Å². The number of carbonyl (C=O) groups excluding carboxylic acids is 1. The Bertz CT molecular complexity index is 389. The summed E-state index contributed by atoms with van der Waals surface area (Å²) in [5.41, 5.74) is 0.656. The molecule has 5 heteroatoms. The summed E-state index contributed by atoms with van der Waals surface area (Å²) in [7, 11) is 1.81. The zero-order chi connectivity index (χ0) is 12.3. The van der Waals surface area contributed by atoms with Crippen molar-refractivity contribution in [2.45, 2.75) is 31.7 Å². The second-order valence-electron chi connectivity index (χ2n) is 4.56. The minimum atomic E-state index is 0.0681. The van der Waals surface area contributed by atoms with Crippen LogP contribution in [-0.2, 0) is 7.05 Å². The number of aliphatic hydroxyl groups excluding tert-OH is 1. The highest BCUT2D eigenvalue weighted by atomic mass is 16.3. The smallest absolute Gasteiger partial charge is 0.257 e. The molecule has 1 fully saturated rings. The molecular formula is C12H19N3O2. The molecule has 1 amide bonds. The molecule has 1 aromatic heterocycles. The molecule has 1 unspecified atom stereocenters. The normalized spacial score (nSPS) is 19.9. The Kier molecular flexibility index (Phi) is 3.78. The maximum atomic E-state index is 12.2. The lowest BCUT2D eigenvalue weighted by Gasteiger charge is -2.24. The summed E-state index contributed by atoms with van der Waals surface area (Å²) in [4.78, 5) is 14.2. The molecule has 0 saturated carbocycles. The average molecular weight is 237 g/mol. The summed E-state index contributed by atoms with van der Waals surface area (Å²) in [5.74, 6) is 0.0681. The molecule has 1 aromatic rings. The lowest BCUT2D eigenvalue weighted by atomic mass is 10.1. The van der Waals surface area contributed by atoms with E-state index in [4.69, 9.17) is 5.11 Å². The van der Waals surface area contributed by atoms with Crippen LogP contribution in [0.1, 0.15) is 36.0 Å². The summed E-state index contributed by atoms with van der Waals surface area (Å²) in [5, 5.41) is 12.9. The van der Waals surface area contributed by atoms with Crippen LogP contribution in [0, 0.1) is 0 Å². The van der Waals surface area contributed by atoms with Crippen molar-refractivity contribution in [2.24, 2.45) is 7.05 Å². The minimum Gasteiger partial charge on any atom is -0.396 e. The van der Waals surface area contributed by atoms with Crippen molar-refractivity contribution >= 4 is 5.91 Å². The van der Waals surface area contributed by atoms with Crippen LogP contribution in [0.4, 0.5) is 0 Å². The van der Waals surface area contributed by atoms with E-state index in [-0.39, 0.29) is 18.6 Å². The zero-order valence-corrected chi connectivity index (χ0v) is 10.2. The van der Waals surface area contributed by atoms with E-state index >= 15 is 0 Å². The highest BCUT2D eigenvalue weighted by Gasteiger charge is 2.29. The van der Waals surface area contributed by atoms with E-state index in [2.05, 4.69) is 5.10 Å². The molecular weight excluding hydrogens is 218 g/mol. The Morgan fingerprint density at radius 1 is 1.65 bits per heavy atom. The van der Waals surface area contributed by atoms with Crippen LogP contribution in [0.3, 0.4) is 0 Å². The summed E-state index contributed by atoms with van der Waals surface area (Å²) in [6.45, 7) is 1.02. The van der Waals surface area contributed by atoms with Crippen LogP contribution in [0.15, 0.2) is 12.4 Å². The molecule has 1 aliphatic rings. The Hall–Kier alpha value is -1.36. The molecule has 0 spiro atoms. The highest BCUT2D eigenvalue weighted by Crippen LogP contribution is 2.23. The van der Waals surface area contributed by atoms with Crippen LogP contribution in [-0.4, -0.2) is 44.9 Å². The molecule has 17 heavy (non-hydrogen) atoms. The van der Waals surface area contributed by atoms with Crippen LogP contribution in [0.5, 0.6) is 0 Å². The first kappa shape index (κ1) is 12.1. The fourth-order valence-electron chi connectivity index (χ4n) is 2.43. The molecule has 1 N–H and O–H groups in total. The Balaban J connectivity index is 2.03. The van der Waals surface area contributed by atoms with Gasteiger partial charge in [-0.25, -0.2) is 0 Å². The fraction of sp³-hybridized carbons (Fsp3) is 0.667. The number of rotatable bonds is 4. The summed E-state index contributed by atoms with van der Waals surface area (Å²) in [6.07, 6.45) is 7.13. The first-order chi connectivity index (χ1) is 8.22. The molecule has 0 bridgehead atoms. The van der Waals surface area contributed by atoms with Gasteiger partial charge in [-0.3, -0.25) is 9.48 Å². The molecule has 0 aromatic carbocycles. The van der Waals surface area contributed by atoms with Crippen molar-refractivity contribution in [3.63, 3.8) is 0 Å². The lowest BCUT2D eigenvalue weighted by molar-refractivity contribution is 0.0724. The molecule has 1 atom stereocenters.